The molecule has 1 aliphatic rings. The normalized spacial score (nSPS) is 16.0. The van der Waals surface area contributed by atoms with Gasteiger partial charge in [-0.15, -0.1) is 0 Å². The Balaban J connectivity index is 1.60. The van der Waals surface area contributed by atoms with Crippen molar-refractivity contribution >= 4 is 11.7 Å². The van der Waals surface area contributed by atoms with Crippen molar-refractivity contribution in [1.29, 1.82) is 0 Å². The Labute approximate surface area is 160 Å². The van der Waals surface area contributed by atoms with Gasteiger partial charge in [0.2, 0.25) is 0 Å². The van der Waals surface area contributed by atoms with E-state index in [1.807, 2.05) is 30.3 Å². The zero-order valence-electron chi connectivity index (χ0n) is 15.9. The van der Waals surface area contributed by atoms with E-state index in [0.717, 1.165) is 37.5 Å². The number of hydrogen-bond acceptors (Lipinski definition) is 6. The number of nitrogens with zero attached hydrogens (tertiary/aromatic N) is 2. The lowest BCUT2D eigenvalue weighted by molar-refractivity contribution is 0.0598. The molecule has 144 valence electrons. The summed E-state index contributed by atoms with van der Waals surface area (Å²) >= 11 is 0. The summed E-state index contributed by atoms with van der Waals surface area (Å²) in [5.41, 5.74) is 8.98. The summed E-state index contributed by atoms with van der Waals surface area (Å²) in [4.78, 5) is 16.7. The van der Waals surface area contributed by atoms with Crippen molar-refractivity contribution in [2.75, 3.05) is 51.8 Å². The molecule has 1 aliphatic heterocycles. The largest absolute Gasteiger partial charge is 0.497 e. The van der Waals surface area contributed by atoms with Gasteiger partial charge in [0.05, 0.1) is 19.8 Å². The monoisotopic (exact) mass is 369 g/mol. The minimum atomic E-state index is -0.344. The van der Waals surface area contributed by atoms with Crippen LogP contribution in [0.5, 0.6) is 5.75 Å². The summed E-state index contributed by atoms with van der Waals surface area (Å²) in [6.07, 6.45) is 0. The molecule has 0 saturated carbocycles. The van der Waals surface area contributed by atoms with Crippen LogP contribution in [0.4, 0.5) is 5.69 Å². The first kappa shape index (κ1) is 19.2. The summed E-state index contributed by atoms with van der Waals surface area (Å²) < 4.78 is 10.2. The molecule has 2 aromatic rings. The van der Waals surface area contributed by atoms with Crippen molar-refractivity contribution in [3.05, 3.63) is 59.7 Å². The highest BCUT2D eigenvalue weighted by atomic mass is 16.5. The highest BCUT2D eigenvalue weighted by molar-refractivity contribution is 5.91. The van der Waals surface area contributed by atoms with Crippen LogP contribution in [0.3, 0.4) is 0 Å². The van der Waals surface area contributed by atoms with Gasteiger partial charge in [-0.05, 0) is 23.8 Å². The van der Waals surface area contributed by atoms with Crippen molar-refractivity contribution in [3.8, 4) is 5.75 Å². The lowest BCUT2D eigenvalue weighted by Gasteiger charge is -2.37. The summed E-state index contributed by atoms with van der Waals surface area (Å²) in [5.74, 6) is 0.528. The average Bonchev–Trinajstić information content (AvgIpc) is 2.73. The minimum Gasteiger partial charge on any atom is -0.497 e. The molecule has 0 aliphatic carbocycles. The van der Waals surface area contributed by atoms with E-state index in [0.29, 0.717) is 12.1 Å². The van der Waals surface area contributed by atoms with Gasteiger partial charge in [0.1, 0.15) is 5.75 Å². The molecule has 2 N–H and O–H groups in total. The van der Waals surface area contributed by atoms with Crippen LogP contribution in [0.15, 0.2) is 48.5 Å². The van der Waals surface area contributed by atoms with Gasteiger partial charge in [0, 0.05) is 50.5 Å². The fourth-order valence-electron chi connectivity index (χ4n) is 3.49. The number of nitrogens with two attached hydrogens (primary N) is 1. The Morgan fingerprint density at radius 1 is 1.07 bits per heavy atom. The highest BCUT2D eigenvalue weighted by Crippen LogP contribution is 2.23. The van der Waals surface area contributed by atoms with Crippen molar-refractivity contribution in [3.63, 3.8) is 0 Å². The second-order valence-corrected chi connectivity index (χ2v) is 6.67. The molecule has 1 atom stereocenters. The van der Waals surface area contributed by atoms with Crippen LogP contribution < -0.4 is 15.4 Å². The molecule has 2 aromatic carbocycles. The Kier molecular flexibility index (Phi) is 6.32. The molecule has 0 amide bonds. The zero-order valence-corrected chi connectivity index (χ0v) is 15.9. The number of anilines is 1. The number of carbonyl (C=O) groups is 1. The van der Waals surface area contributed by atoms with Gasteiger partial charge >= 0.3 is 5.97 Å². The van der Waals surface area contributed by atoms with Crippen molar-refractivity contribution in [1.82, 2.24) is 4.90 Å². The molecular weight excluding hydrogens is 342 g/mol. The molecule has 6 heteroatoms. The van der Waals surface area contributed by atoms with E-state index in [9.17, 15) is 4.79 Å². The summed E-state index contributed by atoms with van der Waals surface area (Å²) in [5, 5.41) is 0. The van der Waals surface area contributed by atoms with Crippen molar-refractivity contribution < 1.29 is 14.3 Å². The smallest absolute Gasteiger partial charge is 0.338 e. The van der Waals surface area contributed by atoms with Gasteiger partial charge in [-0.3, -0.25) is 4.90 Å². The molecule has 1 heterocycles. The first-order chi connectivity index (χ1) is 13.1. The van der Waals surface area contributed by atoms with E-state index in [1.165, 1.54) is 12.8 Å². The maximum Gasteiger partial charge on any atom is 0.338 e. The third-order valence-electron chi connectivity index (χ3n) is 5.01. The number of esters is 1. The van der Waals surface area contributed by atoms with Gasteiger partial charge in [0.15, 0.2) is 0 Å². The molecule has 3 rings (SSSR count). The molecule has 1 unspecified atom stereocenters. The van der Waals surface area contributed by atoms with Gasteiger partial charge in [-0.1, -0.05) is 24.3 Å². The number of benzene rings is 2. The quantitative estimate of drug-likeness (QED) is 0.788. The molecule has 1 fully saturated rings. The molecule has 27 heavy (non-hydrogen) atoms. The third-order valence-corrected chi connectivity index (χ3v) is 5.01. The number of piperazine rings is 1. The Bertz CT molecular complexity index is 773. The molecular formula is C21H27N3O3. The van der Waals surface area contributed by atoms with Crippen LogP contribution in [0.2, 0.25) is 0 Å². The zero-order chi connectivity index (χ0) is 19.2. The average molecular weight is 369 g/mol. The minimum absolute atomic E-state index is 0.233. The number of carbonyl (C=O) groups excluding carboxylic acids is 1. The lowest BCUT2D eigenvalue weighted by Crippen LogP contribution is -2.48. The van der Waals surface area contributed by atoms with E-state index < -0.39 is 0 Å². The number of rotatable bonds is 6. The van der Waals surface area contributed by atoms with Crippen LogP contribution in [0.25, 0.3) is 0 Å². The predicted molar refractivity (Wildman–Crippen MR) is 106 cm³/mol. The van der Waals surface area contributed by atoms with Gasteiger partial charge in [-0.25, -0.2) is 4.79 Å². The van der Waals surface area contributed by atoms with Crippen LogP contribution in [-0.4, -0.2) is 57.8 Å². The van der Waals surface area contributed by atoms with E-state index in [4.69, 9.17) is 15.2 Å². The van der Waals surface area contributed by atoms with Gasteiger partial charge in [-0.2, -0.15) is 0 Å². The molecule has 0 spiro atoms. The molecule has 0 aromatic heterocycles. The van der Waals surface area contributed by atoms with E-state index in [1.54, 1.807) is 13.2 Å². The molecule has 6 nitrogen and oxygen atoms in total. The molecule has 0 bridgehead atoms. The summed E-state index contributed by atoms with van der Waals surface area (Å²) in [7, 11) is 3.08. The standard InChI is InChI=1S/C21H27N3O3/c1-26-17-7-5-6-16(14-17)24-12-10-23(11-13-24)15-20(22)18-8-3-4-9-19(18)21(25)27-2/h3-9,14,20H,10-13,15,22H2,1-2H3. The van der Waals surface area contributed by atoms with Crippen LogP contribution >= 0.6 is 0 Å². The SMILES string of the molecule is COC(=O)c1ccccc1C(N)CN1CCN(c2cccc(OC)c2)CC1. The van der Waals surface area contributed by atoms with E-state index >= 15 is 0 Å². The third kappa shape index (κ3) is 4.59. The van der Waals surface area contributed by atoms with Crippen LogP contribution in [0, 0.1) is 0 Å². The number of methoxy groups -OCH3 is 2. The second-order valence-electron chi connectivity index (χ2n) is 6.67. The van der Waals surface area contributed by atoms with Crippen LogP contribution in [-0.2, 0) is 4.74 Å². The highest BCUT2D eigenvalue weighted by Gasteiger charge is 2.22. The maximum atomic E-state index is 12.0. The Hall–Kier alpha value is -2.57. The molecule has 1 saturated heterocycles. The second kappa shape index (κ2) is 8.88. The lowest BCUT2D eigenvalue weighted by atomic mass is 10.00. The fourth-order valence-corrected chi connectivity index (χ4v) is 3.49. The fraction of sp³-hybridized carbons (Fsp3) is 0.381. The first-order valence-corrected chi connectivity index (χ1v) is 9.16. The number of ether oxygens (including phenoxy) is 2. The van der Waals surface area contributed by atoms with E-state index in [2.05, 4.69) is 21.9 Å². The summed E-state index contributed by atoms with van der Waals surface area (Å²) in [6.45, 7) is 4.41. The Morgan fingerprint density at radius 2 is 1.81 bits per heavy atom. The van der Waals surface area contributed by atoms with Crippen molar-refractivity contribution in [2.45, 2.75) is 6.04 Å². The number of hydrogen-bond donors (Lipinski definition) is 1. The summed E-state index contributed by atoms with van der Waals surface area (Å²) in [6, 6.07) is 15.3. The van der Waals surface area contributed by atoms with Crippen molar-refractivity contribution in [2.24, 2.45) is 5.73 Å². The maximum absolute atomic E-state index is 12.0. The Morgan fingerprint density at radius 3 is 2.52 bits per heavy atom. The first-order valence-electron chi connectivity index (χ1n) is 9.16. The molecule has 0 radical (unpaired) electrons. The predicted octanol–water partition coefficient (Wildman–Crippen LogP) is 2.30. The van der Waals surface area contributed by atoms with Gasteiger partial charge < -0.3 is 20.1 Å². The topological polar surface area (TPSA) is 68.0 Å². The van der Waals surface area contributed by atoms with Gasteiger partial charge in [0.25, 0.3) is 0 Å². The van der Waals surface area contributed by atoms with E-state index in [-0.39, 0.29) is 12.0 Å². The van der Waals surface area contributed by atoms with Crippen LogP contribution in [0.1, 0.15) is 22.0 Å².